The average molecular weight is 321 g/mol. The Labute approximate surface area is 142 Å². The van der Waals surface area contributed by atoms with Gasteiger partial charge in [0, 0.05) is 21.8 Å². The first kappa shape index (κ1) is 15.3. The molecule has 0 radical (unpaired) electrons. The fourth-order valence-electron chi connectivity index (χ4n) is 3.92. The summed E-state index contributed by atoms with van der Waals surface area (Å²) in [7, 11) is 0. The lowest BCUT2D eigenvalue weighted by Gasteiger charge is -2.24. The predicted molar refractivity (Wildman–Crippen MR) is 97.1 cm³/mol. The molecular weight excluding hydrogens is 298 g/mol. The minimum atomic E-state index is -0.322. The molecular formula is C21H23NO2. The molecule has 1 aliphatic rings. The summed E-state index contributed by atoms with van der Waals surface area (Å²) in [6.07, 6.45) is 5.71. The van der Waals surface area contributed by atoms with Gasteiger partial charge in [0.25, 0.3) is 0 Å². The van der Waals surface area contributed by atoms with Gasteiger partial charge in [-0.3, -0.25) is 0 Å². The van der Waals surface area contributed by atoms with Crippen LogP contribution in [-0.4, -0.2) is 16.6 Å². The zero-order valence-corrected chi connectivity index (χ0v) is 14.1. The summed E-state index contributed by atoms with van der Waals surface area (Å²) >= 11 is 0. The number of benzene rings is 2. The topological polar surface area (TPSA) is 31.2 Å². The van der Waals surface area contributed by atoms with Gasteiger partial charge in [-0.15, -0.1) is 0 Å². The Morgan fingerprint density at radius 1 is 0.958 bits per heavy atom. The predicted octanol–water partition coefficient (Wildman–Crippen LogP) is 5.23. The number of fused-ring (bicyclic) bond motifs is 3. The number of hydrogen-bond acceptors (Lipinski definition) is 2. The van der Waals surface area contributed by atoms with E-state index >= 15 is 0 Å². The van der Waals surface area contributed by atoms with Gasteiger partial charge in [0.2, 0.25) is 0 Å². The van der Waals surface area contributed by atoms with Gasteiger partial charge in [-0.25, -0.2) is 4.79 Å². The first-order chi connectivity index (χ1) is 11.8. The normalized spacial score (nSPS) is 17.2. The Balaban J connectivity index is 1.72. The molecule has 24 heavy (non-hydrogen) atoms. The Kier molecular flexibility index (Phi) is 4.01. The van der Waals surface area contributed by atoms with Gasteiger partial charge in [-0.2, -0.15) is 0 Å². The summed E-state index contributed by atoms with van der Waals surface area (Å²) in [6.45, 7) is 1.95. The van der Waals surface area contributed by atoms with Gasteiger partial charge >= 0.3 is 5.97 Å². The minimum absolute atomic E-state index is 0.0989. The molecule has 1 atom stereocenters. The second-order valence-corrected chi connectivity index (χ2v) is 6.78. The van der Waals surface area contributed by atoms with E-state index in [2.05, 4.69) is 28.8 Å². The second kappa shape index (κ2) is 6.31. The third-order valence-corrected chi connectivity index (χ3v) is 5.18. The van der Waals surface area contributed by atoms with Gasteiger partial charge in [0.15, 0.2) is 0 Å². The van der Waals surface area contributed by atoms with Crippen LogP contribution in [0.15, 0.2) is 48.5 Å². The lowest BCUT2D eigenvalue weighted by Crippen LogP contribution is -2.26. The van der Waals surface area contributed by atoms with E-state index in [4.69, 9.17) is 4.74 Å². The van der Waals surface area contributed by atoms with Gasteiger partial charge in [-0.05, 0) is 44.7 Å². The van der Waals surface area contributed by atoms with Gasteiger partial charge < -0.3 is 9.30 Å². The minimum Gasteiger partial charge on any atom is -0.461 e. The smallest absolute Gasteiger partial charge is 0.329 e. The molecule has 4 rings (SSSR count). The summed E-state index contributed by atoms with van der Waals surface area (Å²) in [4.78, 5) is 12.8. The molecule has 3 nitrogen and oxygen atoms in total. The number of carbonyl (C=O) groups is 1. The van der Waals surface area contributed by atoms with Gasteiger partial charge in [-0.1, -0.05) is 42.8 Å². The molecule has 1 aliphatic carbocycles. The van der Waals surface area contributed by atoms with Crippen molar-refractivity contribution >= 4 is 27.8 Å². The molecule has 1 heterocycles. The second-order valence-electron chi connectivity index (χ2n) is 6.78. The number of para-hydroxylation sites is 2. The van der Waals surface area contributed by atoms with Crippen LogP contribution in [0.5, 0.6) is 0 Å². The Morgan fingerprint density at radius 2 is 1.50 bits per heavy atom. The summed E-state index contributed by atoms with van der Waals surface area (Å²) < 4.78 is 7.94. The number of nitrogens with zero attached hydrogens (tertiary/aromatic N) is 1. The van der Waals surface area contributed by atoms with Crippen molar-refractivity contribution in [1.29, 1.82) is 0 Å². The number of esters is 1. The van der Waals surface area contributed by atoms with E-state index in [0.717, 1.165) is 23.9 Å². The van der Waals surface area contributed by atoms with Crippen LogP contribution < -0.4 is 0 Å². The molecule has 1 saturated carbocycles. The SMILES string of the molecule is CC(C(=O)OC1CCCCC1)n1c2ccccc2c2ccccc21. The summed E-state index contributed by atoms with van der Waals surface area (Å²) in [6, 6.07) is 16.2. The van der Waals surface area contributed by atoms with Crippen molar-refractivity contribution < 1.29 is 9.53 Å². The Morgan fingerprint density at radius 3 is 2.08 bits per heavy atom. The zero-order valence-electron chi connectivity index (χ0n) is 14.1. The third-order valence-electron chi connectivity index (χ3n) is 5.18. The first-order valence-electron chi connectivity index (χ1n) is 8.94. The summed E-state index contributed by atoms with van der Waals surface area (Å²) in [5, 5.41) is 2.37. The van der Waals surface area contributed by atoms with Crippen molar-refractivity contribution in [3.63, 3.8) is 0 Å². The van der Waals surface area contributed by atoms with E-state index in [0.29, 0.717) is 0 Å². The van der Waals surface area contributed by atoms with E-state index in [1.807, 2.05) is 31.2 Å². The maximum Gasteiger partial charge on any atom is 0.329 e. The molecule has 0 bridgehead atoms. The highest BCUT2D eigenvalue weighted by Crippen LogP contribution is 2.32. The van der Waals surface area contributed by atoms with Crippen LogP contribution >= 0.6 is 0 Å². The van der Waals surface area contributed by atoms with Crippen molar-refractivity contribution in [3.8, 4) is 0 Å². The van der Waals surface area contributed by atoms with Crippen LogP contribution in [0.1, 0.15) is 45.1 Å². The van der Waals surface area contributed by atoms with E-state index in [1.54, 1.807) is 0 Å². The maximum absolute atomic E-state index is 12.8. The highest BCUT2D eigenvalue weighted by molar-refractivity contribution is 6.08. The van der Waals surface area contributed by atoms with Crippen LogP contribution in [0.3, 0.4) is 0 Å². The van der Waals surface area contributed by atoms with E-state index in [-0.39, 0.29) is 18.1 Å². The van der Waals surface area contributed by atoms with Crippen LogP contribution in [0, 0.1) is 0 Å². The van der Waals surface area contributed by atoms with Crippen LogP contribution in [0.2, 0.25) is 0 Å². The molecule has 2 aromatic carbocycles. The van der Waals surface area contributed by atoms with Crippen molar-refractivity contribution in [1.82, 2.24) is 4.57 Å². The van der Waals surface area contributed by atoms with Crippen molar-refractivity contribution in [2.45, 2.75) is 51.2 Å². The van der Waals surface area contributed by atoms with Crippen LogP contribution in [0.4, 0.5) is 0 Å². The van der Waals surface area contributed by atoms with Crippen molar-refractivity contribution in [2.24, 2.45) is 0 Å². The summed E-state index contributed by atoms with van der Waals surface area (Å²) in [5.41, 5.74) is 2.18. The molecule has 0 spiro atoms. The molecule has 0 N–H and O–H groups in total. The number of aromatic nitrogens is 1. The lowest BCUT2D eigenvalue weighted by molar-refractivity contribution is -0.153. The highest BCUT2D eigenvalue weighted by atomic mass is 16.5. The Bertz CT molecular complexity index is 821. The number of ether oxygens (including phenoxy) is 1. The quantitative estimate of drug-likeness (QED) is 0.618. The largest absolute Gasteiger partial charge is 0.461 e. The molecule has 3 heteroatoms. The maximum atomic E-state index is 12.8. The lowest BCUT2D eigenvalue weighted by atomic mass is 9.98. The third kappa shape index (κ3) is 2.58. The average Bonchev–Trinajstić information content (AvgIpc) is 2.96. The number of hydrogen-bond donors (Lipinski definition) is 0. The van der Waals surface area contributed by atoms with E-state index in [9.17, 15) is 4.79 Å². The zero-order chi connectivity index (χ0) is 16.5. The standard InChI is InChI=1S/C21H23NO2/c1-15(21(23)24-16-9-3-2-4-10-16)22-19-13-7-5-11-17(19)18-12-6-8-14-20(18)22/h5-8,11-16H,2-4,9-10H2,1H3. The number of rotatable bonds is 3. The number of carbonyl (C=O) groups excluding carboxylic acids is 1. The van der Waals surface area contributed by atoms with Crippen LogP contribution in [0.25, 0.3) is 21.8 Å². The van der Waals surface area contributed by atoms with Crippen molar-refractivity contribution in [2.75, 3.05) is 0 Å². The molecule has 124 valence electrons. The molecule has 0 amide bonds. The fourth-order valence-corrected chi connectivity index (χ4v) is 3.92. The molecule has 0 saturated heterocycles. The molecule has 1 fully saturated rings. The van der Waals surface area contributed by atoms with Crippen molar-refractivity contribution in [3.05, 3.63) is 48.5 Å². The molecule has 1 unspecified atom stereocenters. The first-order valence-corrected chi connectivity index (χ1v) is 8.94. The molecule has 1 aromatic heterocycles. The Hall–Kier alpha value is -2.29. The van der Waals surface area contributed by atoms with Gasteiger partial charge in [0.05, 0.1) is 0 Å². The molecule has 0 aliphatic heterocycles. The fraction of sp³-hybridized carbons (Fsp3) is 0.381. The van der Waals surface area contributed by atoms with E-state index in [1.165, 1.54) is 30.0 Å². The molecule has 3 aromatic rings. The van der Waals surface area contributed by atoms with E-state index < -0.39 is 0 Å². The van der Waals surface area contributed by atoms with Crippen LogP contribution in [-0.2, 0) is 9.53 Å². The monoisotopic (exact) mass is 321 g/mol. The highest BCUT2D eigenvalue weighted by Gasteiger charge is 2.25. The summed E-state index contributed by atoms with van der Waals surface area (Å²) in [5.74, 6) is -0.117. The van der Waals surface area contributed by atoms with Gasteiger partial charge in [0.1, 0.15) is 12.1 Å².